The summed E-state index contributed by atoms with van der Waals surface area (Å²) < 4.78 is 6.02. The number of methoxy groups -OCH3 is 1. The highest BCUT2D eigenvalue weighted by Gasteiger charge is 2.54. The SMILES string of the molecule is CCCSc1nc(Cl)ccc1C(=O)N(C)[C@@H]1CCC2C[C@@]3(OC)CC2CC1C3. The summed E-state index contributed by atoms with van der Waals surface area (Å²) in [6.07, 6.45) is 8.12. The number of rotatable bonds is 6. The third kappa shape index (κ3) is 3.70. The lowest BCUT2D eigenvalue weighted by Gasteiger charge is -2.42. The van der Waals surface area contributed by atoms with Crippen LogP contribution in [0.3, 0.4) is 0 Å². The number of ether oxygens (including phenoxy) is 1. The van der Waals surface area contributed by atoms with Crippen molar-refractivity contribution >= 4 is 29.3 Å². The van der Waals surface area contributed by atoms with Crippen LogP contribution in [-0.4, -0.2) is 47.3 Å². The molecule has 0 aromatic carbocycles. The summed E-state index contributed by atoms with van der Waals surface area (Å²) in [6.45, 7) is 2.13. The molecule has 0 aliphatic heterocycles. The number of pyridine rings is 1. The molecule has 4 nitrogen and oxygen atoms in total. The summed E-state index contributed by atoms with van der Waals surface area (Å²) in [5.41, 5.74) is 0.749. The van der Waals surface area contributed by atoms with Crippen LogP contribution in [0.15, 0.2) is 17.2 Å². The van der Waals surface area contributed by atoms with Crippen molar-refractivity contribution in [3.05, 3.63) is 22.8 Å². The van der Waals surface area contributed by atoms with Gasteiger partial charge in [-0.25, -0.2) is 4.98 Å². The van der Waals surface area contributed by atoms with E-state index >= 15 is 0 Å². The van der Waals surface area contributed by atoms with Crippen LogP contribution < -0.4 is 0 Å². The molecule has 3 unspecified atom stereocenters. The predicted molar refractivity (Wildman–Crippen MR) is 114 cm³/mol. The molecule has 5 atom stereocenters. The standard InChI is InChI=1S/C22H31ClN2O2S/c1-4-9-28-20-17(6-8-19(23)24-20)21(26)25(2)18-7-5-14-11-22(27-3)12-15(14)10-16(18)13-22/h6,8,14-16,18H,4-5,7,9-13H2,1-3H3/t14?,15?,16?,18-,22-/m1/s1. The smallest absolute Gasteiger partial charge is 0.256 e. The van der Waals surface area contributed by atoms with Crippen molar-refractivity contribution < 1.29 is 9.53 Å². The van der Waals surface area contributed by atoms with Gasteiger partial charge in [0, 0.05) is 20.2 Å². The molecule has 4 rings (SSSR count). The maximum atomic E-state index is 13.5. The zero-order chi connectivity index (χ0) is 19.9. The van der Waals surface area contributed by atoms with Gasteiger partial charge in [-0.1, -0.05) is 18.5 Å². The van der Waals surface area contributed by atoms with E-state index < -0.39 is 0 Å². The number of halogens is 1. The summed E-state index contributed by atoms with van der Waals surface area (Å²) in [7, 11) is 3.86. The van der Waals surface area contributed by atoms with Crippen molar-refractivity contribution in [2.75, 3.05) is 19.9 Å². The van der Waals surface area contributed by atoms with E-state index in [0.29, 0.717) is 16.6 Å². The van der Waals surface area contributed by atoms with Gasteiger partial charge in [0.1, 0.15) is 10.2 Å². The zero-order valence-electron chi connectivity index (χ0n) is 17.1. The Hall–Kier alpha value is -0.780. The summed E-state index contributed by atoms with van der Waals surface area (Å²) in [6, 6.07) is 3.87. The molecule has 0 radical (unpaired) electrons. The third-order valence-electron chi connectivity index (χ3n) is 7.30. The second-order valence-corrected chi connectivity index (χ2v) is 10.4. The second kappa shape index (κ2) is 8.16. The van der Waals surface area contributed by atoms with E-state index in [-0.39, 0.29) is 17.6 Å². The number of aromatic nitrogens is 1. The zero-order valence-corrected chi connectivity index (χ0v) is 18.7. The summed E-state index contributed by atoms with van der Waals surface area (Å²) in [4.78, 5) is 19.9. The molecule has 0 N–H and O–H groups in total. The Morgan fingerprint density at radius 2 is 2.04 bits per heavy atom. The molecule has 1 aromatic heterocycles. The Morgan fingerprint density at radius 3 is 2.79 bits per heavy atom. The fourth-order valence-corrected chi connectivity index (χ4v) is 7.07. The summed E-state index contributed by atoms with van der Waals surface area (Å²) >= 11 is 7.73. The Bertz CT molecular complexity index is 745. The Balaban J connectivity index is 1.56. The van der Waals surface area contributed by atoms with Gasteiger partial charge in [0.15, 0.2) is 0 Å². The fraction of sp³-hybridized carbons (Fsp3) is 0.727. The molecule has 3 fully saturated rings. The third-order valence-corrected chi connectivity index (χ3v) is 8.71. The quantitative estimate of drug-likeness (QED) is 0.461. The molecule has 6 heteroatoms. The van der Waals surface area contributed by atoms with Crippen LogP contribution in [0.5, 0.6) is 0 Å². The van der Waals surface area contributed by atoms with Gasteiger partial charge in [0.25, 0.3) is 5.91 Å². The average molecular weight is 423 g/mol. The van der Waals surface area contributed by atoms with Gasteiger partial charge >= 0.3 is 0 Å². The monoisotopic (exact) mass is 422 g/mol. The van der Waals surface area contributed by atoms with Crippen molar-refractivity contribution in [2.24, 2.45) is 17.8 Å². The van der Waals surface area contributed by atoms with Gasteiger partial charge in [-0.3, -0.25) is 4.79 Å². The number of carbonyl (C=O) groups excluding carboxylic acids is 1. The normalized spacial score (nSPS) is 33.7. The van der Waals surface area contributed by atoms with E-state index in [0.717, 1.165) is 41.9 Å². The molecule has 3 aliphatic rings. The lowest BCUT2D eigenvalue weighted by atomic mass is 9.74. The van der Waals surface area contributed by atoms with E-state index in [9.17, 15) is 4.79 Å². The van der Waals surface area contributed by atoms with E-state index in [1.54, 1.807) is 17.8 Å². The van der Waals surface area contributed by atoms with Crippen molar-refractivity contribution in [3.8, 4) is 0 Å². The fourth-order valence-electron chi connectivity index (χ4n) is 6.01. The molecule has 1 amide bonds. The summed E-state index contributed by atoms with van der Waals surface area (Å²) in [5.74, 6) is 3.10. The number of fused-ring (bicyclic) bond motifs is 2. The molecular weight excluding hydrogens is 392 g/mol. The Kier molecular flexibility index (Phi) is 5.97. The first kappa shape index (κ1) is 20.5. The van der Waals surface area contributed by atoms with Gasteiger partial charge in [-0.05, 0) is 80.6 Å². The molecule has 154 valence electrons. The lowest BCUT2D eigenvalue weighted by molar-refractivity contribution is -0.0556. The largest absolute Gasteiger partial charge is 0.378 e. The predicted octanol–water partition coefficient (Wildman–Crippen LogP) is 5.29. The molecule has 28 heavy (non-hydrogen) atoms. The molecule has 0 saturated heterocycles. The number of thioether (sulfide) groups is 1. The van der Waals surface area contributed by atoms with E-state index in [2.05, 4.69) is 11.9 Å². The maximum absolute atomic E-state index is 13.5. The first-order valence-electron chi connectivity index (χ1n) is 10.6. The Morgan fingerprint density at radius 1 is 1.29 bits per heavy atom. The molecule has 0 spiro atoms. The van der Waals surface area contributed by atoms with Crippen molar-refractivity contribution in [2.45, 2.75) is 68.5 Å². The number of hydrogen-bond acceptors (Lipinski definition) is 4. The van der Waals surface area contributed by atoms with E-state index in [4.69, 9.17) is 16.3 Å². The lowest BCUT2D eigenvalue weighted by Crippen LogP contribution is -2.47. The van der Waals surface area contributed by atoms with Crippen LogP contribution >= 0.6 is 23.4 Å². The molecule has 3 bridgehead atoms. The van der Waals surface area contributed by atoms with Crippen molar-refractivity contribution in [1.29, 1.82) is 0 Å². The number of amides is 1. The van der Waals surface area contributed by atoms with Crippen LogP contribution in [0, 0.1) is 17.8 Å². The highest BCUT2D eigenvalue weighted by atomic mass is 35.5. The second-order valence-electron chi connectivity index (χ2n) is 8.91. The van der Waals surface area contributed by atoms with Crippen LogP contribution in [0.25, 0.3) is 0 Å². The van der Waals surface area contributed by atoms with Crippen LogP contribution in [0.4, 0.5) is 0 Å². The van der Waals surface area contributed by atoms with Gasteiger partial charge in [0.05, 0.1) is 11.2 Å². The van der Waals surface area contributed by atoms with Gasteiger partial charge in [-0.15, -0.1) is 11.8 Å². The van der Waals surface area contributed by atoms with Crippen LogP contribution in [-0.2, 0) is 4.74 Å². The van der Waals surface area contributed by atoms with Gasteiger partial charge in [0.2, 0.25) is 0 Å². The van der Waals surface area contributed by atoms with E-state index in [1.165, 1.54) is 25.7 Å². The number of hydrogen-bond donors (Lipinski definition) is 0. The highest BCUT2D eigenvalue weighted by molar-refractivity contribution is 7.99. The van der Waals surface area contributed by atoms with E-state index in [1.807, 2.05) is 25.1 Å². The van der Waals surface area contributed by atoms with Gasteiger partial charge in [-0.2, -0.15) is 0 Å². The molecule has 3 aliphatic carbocycles. The Labute approximate surface area is 177 Å². The van der Waals surface area contributed by atoms with Gasteiger partial charge < -0.3 is 9.64 Å². The van der Waals surface area contributed by atoms with Crippen molar-refractivity contribution in [1.82, 2.24) is 9.88 Å². The van der Waals surface area contributed by atoms with Crippen LogP contribution in [0.2, 0.25) is 5.15 Å². The maximum Gasteiger partial charge on any atom is 0.256 e. The highest BCUT2D eigenvalue weighted by Crippen LogP contribution is 2.57. The first-order chi connectivity index (χ1) is 13.5. The minimum atomic E-state index is 0.0603. The minimum absolute atomic E-state index is 0.0603. The first-order valence-corrected chi connectivity index (χ1v) is 11.9. The molecule has 3 saturated carbocycles. The van der Waals surface area contributed by atoms with Crippen molar-refractivity contribution in [3.63, 3.8) is 0 Å². The van der Waals surface area contributed by atoms with Crippen LogP contribution in [0.1, 0.15) is 62.2 Å². The number of carbonyl (C=O) groups is 1. The molecule has 1 heterocycles. The molecule has 1 aromatic rings. The average Bonchev–Trinajstić information content (AvgIpc) is 2.88. The molecular formula is C22H31ClN2O2S. The topological polar surface area (TPSA) is 42.4 Å². The minimum Gasteiger partial charge on any atom is -0.378 e. The summed E-state index contributed by atoms with van der Waals surface area (Å²) in [5, 5.41) is 1.21. The number of nitrogens with zero attached hydrogens (tertiary/aromatic N) is 2.